The monoisotopic (exact) mass is 443 g/mol. The van der Waals surface area contributed by atoms with E-state index in [0.717, 1.165) is 12.1 Å². The van der Waals surface area contributed by atoms with E-state index in [2.05, 4.69) is 4.72 Å². The topological polar surface area (TPSA) is 82.3 Å². The van der Waals surface area contributed by atoms with Crippen LogP contribution in [0.25, 0.3) is 11.0 Å². The minimum absolute atomic E-state index is 0.0124. The number of alkyl halides is 3. The van der Waals surface area contributed by atoms with Gasteiger partial charge in [-0.1, -0.05) is 6.92 Å². The third kappa shape index (κ3) is 4.02. The highest BCUT2D eigenvalue weighted by atomic mass is 32.2. The lowest BCUT2D eigenvalue weighted by Crippen LogP contribution is -2.19. The molecule has 3 rings (SSSR count). The number of sulfonamides is 1. The summed E-state index contributed by atoms with van der Waals surface area (Å²) in [7, 11) is -1.21. The normalized spacial score (nSPS) is 12.3. The maximum Gasteiger partial charge on any atom is 0.416 e. The molecule has 1 heterocycles. The molecule has 0 aliphatic rings. The lowest BCUT2D eigenvalue weighted by atomic mass is 10.2. The molecular formula is C19H20F3N3O4S. The third-order valence-corrected chi connectivity index (χ3v) is 5.93. The van der Waals surface area contributed by atoms with Crippen LogP contribution in [0.1, 0.15) is 18.9 Å². The Balaban J connectivity index is 2.06. The molecule has 0 amide bonds. The fraction of sp³-hybridized carbons (Fsp3) is 0.316. The first-order chi connectivity index (χ1) is 14.0. The van der Waals surface area contributed by atoms with Crippen LogP contribution >= 0.6 is 0 Å². The Bertz CT molecular complexity index is 1260. The van der Waals surface area contributed by atoms with Crippen molar-refractivity contribution in [2.45, 2.75) is 24.4 Å². The molecule has 0 saturated heterocycles. The fourth-order valence-corrected chi connectivity index (χ4v) is 4.06. The Kier molecular flexibility index (Phi) is 5.59. The lowest BCUT2D eigenvalue weighted by molar-refractivity contribution is -0.137. The van der Waals surface area contributed by atoms with Crippen LogP contribution in [0.2, 0.25) is 0 Å². The summed E-state index contributed by atoms with van der Waals surface area (Å²) in [6.45, 7) is 2.02. The van der Waals surface area contributed by atoms with Crippen molar-refractivity contribution in [1.82, 2.24) is 9.13 Å². The average Bonchev–Trinajstić information content (AvgIpc) is 2.90. The van der Waals surface area contributed by atoms with Crippen molar-refractivity contribution in [3.8, 4) is 5.75 Å². The van der Waals surface area contributed by atoms with Gasteiger partial charge >= 0.3 is 11.9 Å². The lowest BCUT2D eigenvalue weighted by Gasteiger charge is -2.16. The van der Waals surface area contributed by atoms with Gasteiger partial charge in [0.1, 0.15) is 5.75 Å². The molecule has 0 radical (unpaired) electrons. The molecule has 11 heteroatoms. The summed E-state index contributed by atoms with van der Waals surface area (Å²) < 4.78 is 75.4. The summed E-state index contributed by atoms with van der Waals surface area (Å²) in [4.78, 5) is 11.9. The average molecular weight is 443 g/mol. The maximum absolute atomic E-state index is 13.1. The molecular weight excluding hydrogens is 423 g/mol. The minimum Gasteiger partial charge on any atom is -0.491 e. The number of rotatable bonds is 6. The smallest absolute Gasteiger partial charge is 0.416 e. The van der Waals surface area contributed by atoms with Crippen molar-refractivity contribution in [2.75, 3.05) is 11.3 Å². The van der Waals surface area contributed by atoms with Crippen LogP contribution in [0.4, 0.5) is 18.9 Å². The maximum atomic E-state index is 13.1. The van der Waals surface area contributed by atoms with Gasteiger partial charge in [-0.2, -0.15) is 13.2 Å². The van der Waals surface area contributed by atoms with E-state index in [-0.39, 0.29) is 28.6 Å². The quantitative estimate of drug-likeness (QED) is 0.632. The summed E-state index contributed by atoms with van der Waals surface area (Å²) in [6, 6.07) is 6.64. The highest BCUT2D eigenvalue weighted by Crippen LogP contribution is 2.36. The molecule has 3 aromatic rings. The first-order valence-corrected chi connectivity index (χ1v) is 10.5. The Morgan fingerprint density at radius 3 is 2.33 bits per heavy atom. The van der Waals surface area contributed by atoms with Crippen LogP contribution in [0.15, 0.2) is 46.1 Å². The molecule has 0 bridgehead atoms. The highest BCUT2D eigenvalue weighted by Gasteiger charge is 2.32. The van der Waals surface area contributed by atoms with Crippen LogP contribution in [-0.4, -0.2) is 24.2 Å². The third-order valence-electron chi connectivity index (χ3n) is 4.57. The van der Waals surface area contributed by atoms with Crippen LogP contribution in [0.5, 0.6) is 5.75 Å². The van der Waals surface area contributed by atoms with Gasteiger partial charge in [0.25, 0.3) is 10.0 Å². The van der Waals surface area contributed by atoms with Gasteiger partial charge in [0.15, 0.2) is 0 Å². The Hall–Kier alpha value is -2.95. The summed E-state index contributed by atoms with van der Waals surface area (Å²) >= 11 is 0. The number of aryl methyl sites for hydroxylation is 2. The van der Waals surface area contributed by atoms with E-state index in [1.165, 1.54) is 34.4 Å². The highest BCUT2D eigenvalue weighted by molar-refractivity contribution is 7.92. The van der Waals surface area contributed by atoms with E-state index in [9.17, 15) is 26.4 Å². The van der Waals surface area contributed by atoms with E-state index >= 15 is 0 Å². The van der Waals surface area contributed by atoms with Gasteiger partial charge in [0.2, 0.25) is 0 Å². The van der Waals surface area contributed by atoms with Gasteiger partial charge in [0, 0.05) is 14.1 Å². The number of ether oxygens (including phenoxy) is 1. The molecule has 7 nitrogen and oxygen atoms in total. The van der Waals surface area contributed by atoms with Crippen LogP contribution < -0.4 is 15.1 Å². The number of imidazole rings is 1. The minimum atomic E-state index is -4.65. The molecule has 0 unspecified atom stereocenters. The van der Waals surface area contributed by atoms with E-state index < -0.39 is 21.8 Å². The predicted octanol–water partition coefficient (Wildman–Crippen LogP) is 3.49. The molecule has 0 aliphatic heterocycles. The van der Waals surface area contributed by atoms with E-state index in [1.54, 1.807) is 7.05 Å². The van der Waals surface area contributed by atoms with Gasteiger partial charge in [0.05, 0.1) is 33.8 Å². The van der Waals surface area contributed by atoms with Crippen LogP contribution in [0, 0.1) is 0 Å². The van der Waals surface area contributed by atoms with Crippen molar-refractivity contribution >= 4 is 26.7 Å². The number of anilines is 1. The number of nitrogens with one attached hydrogen (secondary N) is 1. The summed E-state index contributed by atoms with van der Waals surface area (Å²) in [6.07, 6.45) is -4.06. The van der Waals surface area contributed by atoms with Gasteiger partial charge in [-0.25, -0.2) is 13.2 Å². The fourth-order valence-electron chi connectivity index (χ4n) is 2.98. The molecule has 0 spiro atoms. The van der Waals surface area contributed by atoms with Crippen LogP contribution in [-0.2, 0) is 30.3 Å². The van der Waals surface area contributed by atoms with Gasteiger partial charge < -0.3 is 4.74 Å². The van der Waals surface area contributed by atoms with Crippen molar-refractivity contribution in [1.29, 1.82) is 0 Å². The summed E-state index contributed by atoms with van der Waals surface area (Å²) in [5, 5.41) is 0. The molecule has 2 aromatic carbocycles. The zero-order chi connectivity index (χ0) is 22.3. The molecule has 1 aromatic heterocycles. The second-order valence-electron chi connectivity index (χ2n) is 6.71. The van der Waals surface area contributed by atoms with Crippen LogP contribution in [0.3, 0.4) is 0 Å². The summed E-state index contributed by atoms with van der Waals surface area (Å²) in [5.41, 5.74) is -0.768. The van der Waals surface area contributed by atoms with Crippen molar-refractivity contribution in [3.63, 3.8) is 0 Å². The van der Waals surface area contributed by atoms with Crippen molar-refractivity contribution < 1.29 is 26.3 Å². The Morgan fingerprint density at radius 2 is 1.70 bits per heavy atom. The number of halogens is 3. The molecule has 0 fully saturated rings. The standard InChI is InChI=1S/C19H20F3N3O4S/c1-4-9-29-17-8-5-12(19(20,21)22)10-14(17)23-30(27,28)13-6-7-15-16(11-13)25(3)18(26)24(15)2/h5-8,10-11,23H,4,9H2,1-3H3. The van der Waals surface area contributed by atoms with Gasteiger partial charge in [-0.15, -0.1) is 0 Å². The van der Waals surface area contributed by atoms with Crippen molar-refractivity contribution in [3.05, 3.63) is 52.4 Å². The number of benzene rings is 2. The largest absolute Gasteiger partial charge is 0.491 e. The molecule has 0 saturated carbocycles. The van der Waals surface area contributed by atoms with E-state index in [0.29, 0.717) is 23.5 Å². The van der Waals surface area contributed by atoms with E-state index in [4.69, 9.17) is 4.74 Å². The van der Waals surface area contributed by atoms with Gasteiger partial charge in [-0.3, -0.25) is 13.9 Å². The molecule has 1 N–H and O–H groups in total. The second kappa shape index (κ2) is 7.71. The SMILES string of the molecule is CCCOc1ccc(C(F)(F)F)cc1NS(=O)(=O)c1ccc2c(c1)n(C)c(=O)n2C. The molecule has 30 heavy (non-hydrogen) atoms. The number of hydrogen-bond donors (Lipinski definition) is 1. The first kappa shape index (κ1) is 21.8. The predicted molar refractivity (Wildman–Crippen MR) is 106 cm³/mol. The second-order valence-corrected chi connectivity index (χ2v) is 8.40. The zero-order valence-corrected chi connectivity index (χ0v) is 17.3. The Labute approximate surface area is 170 Å². The van der Waals surface area contributed by atoms with Gasteiger partial charge in [-0.05, 0) is 42.8 Å². The number of fused-ring (bicyclic) bond motifs is 1. The molecule has 0 atom stereocenters. The number of aromatic nitrogens is 2. The number of nitrogens with zero attached hydrogens (tertiary/aromatic N) is 2. The first-order valence-electron chi connectivity index (χ1n) is 8.98. The zero-order valence-electron chi connectivity index (χ0n) is 16.4. The Morgan fingerprint density at radius 1 is 1.03 bits per heavy atom. The molecule has 0 aliphatic carbocycles. The summed E-state index contributed by atoms with van der Waals surface area (Å²) in [5.74, 6) is -0.0124. The van der Waals surface area contributed by atoms with E-state index in [1.807, 2.05) is 6.92 Å². The number of hydrogen-bond acceptors (Lipinski definition) is 4. The van der Waals surface area contributed by atoms with Crippen molar-refractivity contribution in [2.24, 2.45) is 14.1 Å². The molecule has 162 valence electrons.